The van der Waals surface area contributed by atoms with Crippen molar-refractivity contribution in [1.29, 1.82) is 0 Å². The van der Waals surface area contributed by atoms with E-state index >= 15 is 0 Å². The van der Waals surface area contributed by atoms with Crippen LogP contribution in [0, 0.1) is 23.2 Å². The van der Waals surface area contributed by atoms with Gasteiger partial charge in [-0.1, -0.05) is 105 Å². The lowest BCUT2D eigenvalue weighted by atomic mass is 9.82. The maximum Gasteiger partial charge on any atom is 0.337 e. The molecule has 426 valence electrons. The van der Waals surface area contributed by atoms with Crippen LogP contribution in [0.2, 0.25) is 34.8 Å². The van der Waals surface area contributed by atoms with Gasteiger partial charge in [0, 0.05) is 53.6 Å². The molecule has 75 heavy (non-hydrogen) atoms. The molecule has 0 heterocycles. The Labute approximate surface area is 456 Å². The topological polar surface area (TPSA) is 136 Å². The summed E-state index contributed by atoms with van der Waals surface area (Å²) in [5.41, 5.74) is 3.72. The molecule has 0 bridgehead atoms. The molecule has 2 aromatic carbocycles. The fourth-order valence-electron chi connectivity index (χ4n) is 10.4. The minimum atomic E-state index is -2.26. The first kappa shape index (κ1) is 67.7. The van der Waals surface area contributed by atoms with Crippen LogP contribution in [-0.2, 0) is 64.8 Å². The van der Waals surface area contributed by atoms with Crippen LogP contribution < -0.4 is 9.47 Å². The van der Waals surface area contributed by atoms with E-state index in [-0.39, 0.29) is 43.5 Å². The number of ketones is 1. The second-order valence-corrected chi connectivity index (χ2v) is 31.6. The highest BCUT2D eigenvalue weighted by Gasteiger charge is 2.45. The van der Waals surface area contributed by atoms with Gasteiger partial charge < -0.3 is 51.5 Å². The zero-order chi connectivity index (χ0) is 56.4. The van der Waals surface area contributed by atoms with E-state index in [0.29, 0.717) is 49.3 Å². The molecule has 0 spiro atoms. The molecular formula is C60H100O13Si2. The summed E-state index contributed by atoms with van der Waals surface area (Å²) in [6, 6.07) is 18.3. The van der Waals surface area contributed by atoms with Crippen LogP contribution in [0.5, 0.6) is 11.5 Å². The molecule has 0 aliphatic heterocycles. The van der Waals surface area contributed by atoms with Crippen molar-refractivity contribution in [2.75, 3.05) is 56.1 Å². The third kappa shape index (κ3) is 21.4. The number of carbonyl (C=O) groups is 2. The summed E-state index contributed by atoms with van der Waals surface area (Å²) in [6.45, 7) is 30.0. The Bertz CT molecular complexity index is 1980. The second kappa shape index (κ2) is 34.5. The number of methoxy groups -OCH3 is 6. The first-order valence-corrected chi connectivity index (χ1v) is 32.1. The van der Waals surface area contributed by atoms with Crippen molar-refractivity contribution in [1.82, 2.24) is 0 Å². The van der Waals surface area contributed by atoms with Gasteiger partial charge in [0.15, 0.2) is 22.7 Å². The standard InChI is InChI=1S/C60H100O13Si2/c1-20-47(41-72-75(43(5)6,44(7)8)45(9)10)34-46(11)55(69-39-48-24-28-51(64-15)29-25-48)36-53(66-17)38-57(70-40-49-26-30-52(65-16)31-27-49)60(12,13)33-32-50(61)35-54(73-74(21-2,22-3)23-4)37-56(67-18)58(59(62)68-19)71-42-63-14/h24-31,34,43-45,47,53-58H,20-23,35-42H2,1-19H3/b46-34-/t47-,53+,54+,55-,56+,57-,58-/m0/s1. The Morgan fingerprint density at radius 1 is 0.680 bits per heavy atom. The van der Waals surface area contributed by atoms with Gasteiger partial charge in [-0.3, -0.25) is 4.79 Å². The monoisotopic (exact) mass is 1080 g/mol. The van der Waals surface area contributed by atoms with E-state index in [0.717, 1.165) is 52.8 Å². The van der Waals surface area contributed by atoms with Crippen LogP contribution >= 0.6 is 0 Å². The lowest BCUT2D eigenvalue weighted by molar-refractivity contribution is -0.178. The summed E-state index contributed by atoms with van der Waals surface area (Å²) < 4.78 is 66.9. The van der Waals surface area contributed by atoms with Gasteiger partial charge in [0.25, 0.3) is 0 Å². The Morgan fingerprint density at radius 2 is 1.21 bits per heavy atom. The second-order valence-electron chi connectivity index (χ2n) is 21.4. The average Bonchev–Trinajstić information content (AvgIpc) is 3.40. The number of benzene rings is 2. The molecule has 0 amide bonds. The van der Waals surface area contributed by atoms with Gasteiger partial charge in [0.2, 0.25) is 5.78 Å². The van der Waals surface area contributed by atoms with Crippen LogP contribution in [0.4, 0.5) is 0 Å². The predicted molar refractivity (Wildman–Crippen MR) is 305 cm³/mol. The van der Waals surface area contributed by atoms with Crippen LogP contribution in [0.25, 0.3) is 0 Å². The molecular weight excluding hydrogens is 985 g/mol. The fraction of sp³-hybridized carbons (Fsp3) is 0.700. The Morgan fingerprint density at radius 3 is 1.65 bits per heavy atom. The minimum absolute atomic E-state index is 0.00781. The molecule has 7 atom stereocenters. The van der Waals surface area contributed by atoms with Gasteiger partial charge in [-0.05, 0) is 115 Å². The van der Waals surface area contributed by atoms with Gasteiger partial charge in [-0.2, -0.15) is 0 Å². The molecule has 2 aromatic rings. The largest absolute Gasteiger partial charge is 0.497 e. The molecule has 0 radical (unpaired) electrons. The highest BCUT2D eigenvalue weighted by molar-refractivity contribution is 6.77. The first-order chi connectivity index (χ1) is 35.6. The predicted octanol–water partition coefficient (Wildman–Crippen LogP) is 13.1. The summed E-state index contributed by atoms with van der Waals surface area (Å²) in [6.07, 6.45) is 0.885. The third-order valence-corrected chi connectivity index (χ3v) is 26.1. The van der Waals surface area contributed by atoms with Crippen LogP contribution in [-0.4, -0.2) is 121 Å². The quantitative estimate of drug-likeness (QED) is 0.0158. The van der Waals surface area contributed by atoms with Gasteiger partial charge in [0.05, 0.1) is 70.5 Å². The van der Waals surface area contributed by atoms with Crippen molar-refractivity contribution in [2.45, 2.75) is 207 Å². The van der Waals surface area contributed by atoms with E-state index in [4.69, 9.17) is 51.5 Å². The number of hydrogen-bond acceptors (Lipinski definition) is 13. The van der Waals surface area contributed by atoms with Gasteiger partial charge in [-0.25, -0.2) is 4.79 Å². The number of hydrogen-bond donors (Lipinski definition) is 0. The number of carbonyl (C=O) groups excluding carboxylic acids is 2. The molecule has 0 fully saturated rings. The fourth-order valence-corrected chi connectivity index (χ4v) is 18.7. The zero-order valence-electron chi connectivity index (χ0n) is 49.8. The van der Waals surface area contributed by atoms with Crippen LogP contribution in [0.15, 0.2) is 60.2 Å². The molecule has 15 heteroatoms. The Hall–Kier alpha value is -3.41. The van der Waals surface area contributed by atoms with E-state index in [9.17, 15) is 9.59 Å². The van der Waals surface area contributed by atoms with Crippen molar-refractivity contribution in [3.63, 3.8) is 0 Å². The molecule has 2 rings (SSSR count). The lowest BCUT2D eigenvalue weighted by Gasteiger charge is -2.43. The van der Waals surface area contributed by atoms with Gasteiger partial charge in [0.1, 0.15) is 18.3 Å². The van der Waals surface area contributed by atoms with Crippen molar-refractivity contribution >= 4 is 28.4 Å². The highest BCUT2D eigenvalue weighted by atomic mass is 28.4. The summed E-state index contributed by atoms with van der Waals surface area (Å²) in [5.74, 6) is 7.21. The average molecular weight is 1090 g/mol. The van der Waals surface area contributed by atoms with Crippen LogP contribution in [0.1, 0.15) is 133 Å². The van der Waals surface area contributed by atoms with Crippen molar-refractivity contribution in [3.05, 3.63) is 71.3 Å². The van der Waals surface area contributed by atoms with E-state index in [2.05, 4.69) is 94.1 Å². The molecule has 0 aromatic heterocycles. The third-order valence-electron chi connectivity index (χ3n) is 15.3. The van der Waals surface area contributed by atoms with Gasteiger partial charge >= 0.3 is 5.97 Å². The molecule has 0 aliphatic rings. The highest BCUT2D eigenvalue weighted by Crippen LogP contribution is 2.43. The summed E-state index contributed by atoms with van der Waals surface area (Å²) in [7, 11) is 4.96. The van der Waals surface area contributed by atoms with Crippen LogP contribution in [0.3, 0.4) is 0 Å². The minimum Gasteiger partial charge on any atom is -0.497 e. The molecule has 0 saturated carbocycles. The van der Waals surface area contributed by atoms with E-state index < -0.39 is 52.4 Å². The Balaban J connectivity index is 2.64. The van der Waals surface area contributed by atoms with Crippen molar-refractivity contribution < 1.29 is 61.1 Å². The van der Waals surface area contributed by atoms with Crippen molar-refractivity contribution in [2.24, 2.45) is 11.3 Å². The van der Waals surface area contributed by atoms with E-state index in [1.54, 1.807) is 21.3 Å². The number of Topliss-reactive ketones (excluding diaryl/α,β-unsaturated/α-hetero) is 1. The summed E-state index contributed by atoms with van der Waals surface area (Å²) in [5, 5.41) is 0. The summed E-state index contributed by atoms with van der Waals surface area (Å²) in [4.78, 5) is 27.2. The van der Waals surface area contributed by atoms with Crippen molar-refractivity contribution in [3.8, 4) is 23.3 Å². The first-order valence-electron chi connectivity index (χ1n) is 27.4. The molecule has 13 nitrogen and oxygen atoms in total. The number of rotatable bonds is 38. The molecule has 0 unspecified atom stereocenters. The molecule has 0 saturated heterocycles. The molecule has 0 N–H and O–H groups in total. The molecule has 0 aliphatic carbocycles. The summed E-state index contributed by atoms with van der Waals surface area (Å²) >= 11 is 0. The Kier molecular flexibility index (Phi) is 31.1. The smallest absolute Gasteiger partial charge is 0.337 e. The SMILES string of the molecule is CC[C@@H](/C=C(/C)[C@H](C[C@H](C[C@H](OCc1ccc(OC)cc1)C(C)(C)C#CC(=O)C[C@H](C[C@@H](OC)[C@H](OCOC)C(=O)OC)O[Si](CC)(CC)CC)OC)OCc1ccc(OC)cc1)CO[Si](C(C)C)(C(C)C)C(C)C. The van der Waals surface area contributed by atoms with E-state index in [1.165, 1.54) is 21.3 Å². The maximum atomic E-state index is 14.2. The number of esters is 1. The van der Waals surface area contributed by atoms with E-state index in [1.807, 2.05) is 62.4 Å². The lowest BCUT2D eigenvalue weighted by Crippen LogP contribution is -2.48. The zero-order valence-corrected chi connectivity index (χ0v) is 51.8. The number of ether oxygens (including phenoxy) is 9. The van der Waals surface area contributed by atoms with Gasteiger partial charge in [-0.15, -0.1) is 0 Å². The normalized spacial score (nSPS) is 15.5. The maximum absolute atomic E-state index is 14.2.